The van der Waals surface area contributed by atoms with Gasteiger partial charge in [0.2, 0.25) is 6.41 Å². The molecule has 19 heavy (non-hydrogen) atoms. The number of anilines is 2. The van der Waals surface area contributed by atoms with Crippen LogP contribution in [0.4, 0.5) is 11.4 Å². The molecule has 0 spiro atoms. The van der Waals surface area contributed by atoms with E-state index in [9.17, 15) is 4.79 Å². The largest absolute Gasteiger partial charge is 0.395 e. The molecule has 0 saturated carbocycles. The van der Waals surface area contributed by atoms with E-state index in [2.05, 4.69) is 9.88 Å². The number of pyridine rings is 1. The summed E-state index contributed by atoms with van der Waals surface area (Å²) >= 11 is 0. The summed E-state index contributed by atoms with van der Waals surface area (Å²) in [6, 6.07) is 2.46. The van der Waals surface area contributed by atoms with Crippen LogP contribution in [0.25, 0.3) is 0 Å². The van der Waals surface area contributed by atoms with Crippen LogP contribution in [0, 0.1) is 5.41 Å². The minimum atomic E-state index is 0.284. The van der Waals surface area contributed by atoms with Crippen LogP contribution in [-0.2, 0) is 4.79 Å². The number of amides is 1. The van der Waals surface area contributed by atoms with Crippen molar-refractivity contribution in [1.29, 1.82) is 5.41 Å². The minimum Gasteiger partial charge on any atom is -0.395 e. The highest BCUT2D eigenvalue weighted by molar-refractivity contribution is 5.88. The molecule has 1 amide bonds. The van der Waals surface area contributed by atoms with Gasteiger partial charge in [-0.05, 0) is 18.9 Å². The number of piperazine rings is 1. The van der Waals surface area contributed by atoms with Crippen LogP contribution in [0.2, 0.25) is 0 Å². The molecule has 2 unspecified atom stereocenters. The van der Waals surface area contributed by atoms with Crippen molar-refractivity contribution in [3.63, 3.8) is 0 Å². The molecule has 0 aromatic carbocycles. The van der Waals surface area contributed by atoms with Crippen molar-refractivity contribution in [2.24, 2.45) is 0 Å². The Balaban J connectivity index is 1.89. The van der Waals surface area contributed by atoms with Gasteiger partial charge in [-0.3, -0.25) is 9.78 Å². The number of carbonyl (C=O) groups is 1. The molecule has 3 heterocycles. The maximum Gasteiger partial charge on any atom is 0.210 e. The van der Waals surface area contributed by atoms with Crippen molar-refractivity contribution in [1.82, 2.24) is 9.88 Å². The van der Waals surface area contributed by atoms with E-state index < -0.39 is 0 Å². The lowest BCUT2D eigenvalue weighted by Gasteiger charge is -2.40. The van der Waals surface area contributed by atoms with Gasteiger partial charge in [-0.2, -0.15) is 0 Å². The molecular weight excluding hydrogens is 242 g/mol. The standard InChI is InChI=1S/C13H17N5O/c14-5-11-13(15)12(3-4-16-11)17-6-9-1-2-10(7-17)18(9)8-19/h3-5,8-10,14H,1-2,6-7,15H2. The number of nitrogens with zero attached hydrogens (tertiary/aromatic N) is 3. The van der Waals surface area contributed by atoms with Crippen LogP contribution in [-0.4, -0.2) is 47.7 Å². The van der Waals surface area contributed by atoms with Gasteiger partial charge in [0.15, 0.2) is 0 Å². The van der Waals surface area contributed by atoms with Gasteiger partial charge in [-0.25, -0.2) is 0 Å². The van der Waals surface area contributed by atoms with Crippen LogP contribution >= 0.6 is 0 Å². The summed E-state index contributed by atoms with van der Waals surface area (Å²) in [6.45, 7) is 1.61. The van der Waals surface area contributed by atoms with Gasteiger partial charge in [-0.15, -0.1) is 0 Å². The second kappa shape index (κ2) is 4.53. The highest BCUT2D eigenvalue weighted by Crippen LogP contribution is 2.34. The van der Waals surface area contributed by atoms with Crippen molar-refractivity contribution in [3.05, 3.63) is 18.0 Å². The molecule has 100 valence electrons. The monoisotopic (exact) mass is 259 g/mol. The summed E-state index contributed by atoms with van der Waals surface area (Å²) in [4.78, 5) is 19.3. The predicted octanol–water partition coefficient (Wildman–Crippen LogP) is 0.471. The third-order valence-electron chi connectivity index (χ3n) is 4.14. The average Bonchev–Trinajstić information content (AvgIpc) is 2.68. The van der Waals surface area contributed by atoms with Gasteiger partial charge in [0, 0.05) is 37.6 Å². The number of fused-ring (bicyclic) bond motifs is 2. The van der Waals surface area contributed by atoms with Gasteiger partial charge >= 0.3 is 0 Å². The van der Waals surface area contributed by atoms with Crippen LogP contribution < -0.4 is 10.6 Å². The molecule has 2 aliphatic heterocycles. The highest BCUT2D eigenvalue weighted by Gasteiger charge is 2.39. The lowest BCUT2D eigenvalue weighted by Crippen LogP contribution is -2.53. The summed E-state index contributed by atoms with van der Waals surface area (Å²) in [7, 11) is 0. The quantitative estimate of drug-likeness (QED) is 0.610. The summed E-state index contributed by atoms with van der Waals surface area (Å²) in [5, 5.41) is 7.31. The van der Waals surface area contributed by atoms with Crippen LogP contribution in [0.3, 0.4) is 0 Å². The first-order valence-electron chi connectivity index (χ1n) is 6.47. The summed E-state index contributed by atoms with van der Waals surface area (Å²) in [5.74, 6) is 0. The van der Waals surface area contributed by atoms with E-state index in [1.807, 2.05) is 11.0 Å². The molecule has 3 rings (SSSR count). The number of aromatic nitrogens is 1. The van der Waals surface area contributed by atoms with Gasteiger partial charge in [0.1, 0.15) is 5.69 Å². The van der Waals surface area contributed by atoms with E-state index in [1.165, 1.54) is 6.21 Å². The first-order valence-corrected chi connectivity index (χ1v) is 6.47. The Morgan fingerprint density at radius 3 is 2.63 bits per heavy atom. The molecule has 1 aromatic rings. The van der Waals surface area contributed by atoms with E-state index in [0.29, 0.717) is 11.4 Å². The van der Waals surface area contributed by atoms with Gasteiger partial charge in [-0.1, -0.05) is 0 Å². The van der Waals surface area contributed by atoms with Crippen molar-refractivity contribution in [2.75, 3.05) is 23.7 Å². The van der Waals surface area contributed by atoms with Crippen LogP contribution in [0.5, 0.6) is 0 Å². The second-order valence-electron chi connectivity index (χ2n) is 5.12. The van der Waals surface area contributed by atoms with E-state index in [0.717, 1.165) is 38.0 Å². The summed E-state index contributed by atoms with van der Waals surface area (Å²) < 4.78 is 0. The van der Waals surface area contributed by atoms with Crippen molar-refractivity contribution in [2.45, 2.75) is 24.9 Å². The zero-order valence-corrected chi connectivity index (χ0v) is 10.6. The fourth-order valence-electron chi connectivity index (χ4n) is 3.17. The maximum absolute atomic E-state index is 11.1. The van der Waals surface area contributed by atoms with Crippen molar-refractivity contribution in [3.8, 4) is 0 Å². The minimum absolute atomic E-state index is 0.284. The fourth-order valence-corrected chi connectivity index (χ4v) is 3.17. The van der Waals surface area contributed by atoms with E-state index in [-0.39, 0.29) is 12.1 Å². The van der Waals surface area contributed by atoms with Gasteiger partial charge in [0.25, 0.3) is 0 Å². The fraction of sp³-hybridized carbons (Fsp3) is 0.462. The Labute approximate surface area is 111 Å². The maximum atomic E-state index is 11.1. The number of rotatable bonds is 3. The Bertz CT molecular complexity index is 504. The Morgan fingerprint density at radius 1 is 1.37 bits per heavy atom. The lowest BCUT2D eigenvalue weighted by molar-refractivity contribution is -0.121. The molecule has 2 saturated heterocycles. The zero-order valence-electron chi connectivity index (χ0n) is 10.6. The number of nitrogen functional groups attached to an aromatic ring is 1. The molecule has 0 radical (unpaired) electrons. The van der Waals surface area contributed by atoms with E-state index in [1.54, 1.807) is 6.20 Å². The second-order valence-corrected chi connectivity index (χ2v) is 5.12. The zero-order chi connectivity index (χ0) is 13.4. The molecule has 3 N–H and O–H groups in total. The van der Waals surface area contributed by atoms with E-state index in [4.69, 9.17) is 11.1 Å². The molecule has 2 bridgehead atoms. The summed E-state index contributed by atoms with van der Waals surface area (Å²) in [6.07, 6.45) is 5.94. The van der Waals surface area contributed by atoms with Gasteiger partial charge < -0.3 is 20.9 Å². The van der Waals surface area contributed by atoms with Gasteiger partial charge in [0.05, 0.1) is 11.4 Å². The van der Waals surface area contributed by atoms with E-state index >= 15 is 0 Å². The molecule has 2 fully saturated rings. The molecule has 6 heteroatoms. The summed E-state index contributed by atoms with van der Waals surface area (Å²) in [5.41, 5.74) is 8.05. The number of hydrogen-bond acceptors (Lipinski definition) is 5. The van der Waals surface area contributed by atoms with Crippen LogP contribution in [0.15, 0.2) is 12.3 Å². The first kappa shape index (κ1) is 12.0. The molecule has 2 aliphatic rings. The molecular formula is C13H17N5O. The number of nitrogens with one attached hydrogen (secondary N) is 1. The lowest BCUT2D eigenvalue weighted by atomic mass is 10.1. The molecule has 0 aliphatic carbocycles. The third kappa shape index (κ3) is 1.83. The Hall–Kier alpha value is -2.11. The number of hydrogen-bond donors (Lipinski definition) is 2. The molecule has 6 nitrogen and oxygen atoms in total. The average molecular weight is 259 g/mol. The Kier molecular flexibility index (Phi) is 2.85. The SMILES string of the molecule is N=Cc1nccc(N2CC3CCC(C2)N3C=O)c1N. The molecule has 2 atom stereocenters. The Morgan fingerprint density at radius 2 is 2.05 bits per heavy atom. The topological polar surface area (TPSA) is 86.3 Å². The normalized spacial score (nSPS) is 25.5. The number of carbonyl (C=O) groups excluding carboxylic acids is 1. The predicted molar refractivity (Wildman–Crippen MR) is 73.5 cm³/mol. The molecule has 1 aromatic heterocycles. The highest BCUT2D eigenvalue weighted by atomic mass is 16.1. The van der Waals surface area contributed by atoms with Crippen molar-refractivity contribution < 1.29 is 4.79 Å². The third-order valence-corrected chi connectivity index (χ3v) is 4.14. The smallest absolute Gasteiger partial charge is 0.210 e. The van der Waals surface area contributed by atoms with Crippen molar-refractivity contribution >= 4 is 24.0 Å². The first-order chi connectivity index (χ1) is 9.24. The number of nitrogens with two attached hydrogens (primary N) is 1. The van der Waals surface area contributed by atoms with Crippen LogP contribution in [0.1, 0.15) is 18.5 Å².